The van der Waals surface area contributed by atoms with Gasteiger partial charge in [-0.2, -0.15) is 0 Å². The molecule has 576 valence electrons. The van der Waals surface area contributed by atoms with Gasteiger partial charge in [0.05, 0.1) is 63.0 Å². The summed E-state index contributed by atoms with van der Waals surface area (Å²) in [6.45, 7) is 25.1. The molecule has 21 nitrogen and oxygen atoms in total. The fraction of sp³-hybridized carbons (Fsp3) is 0.619. The van der Waals surface area contributed by atoms with E-state index in [1.807, 2.05) is 12.1 Å². The highest BCUT2D eigenvalue weighted by Crippen LogP contribution is 2.50. The smallest absolute Gasteiger partial charge is 0.331 e. The van der Waals surface area contributed by atoms with Gasteiger partial charge in [-0.15, -0.1) is 0 Å². The van der Waals surface area contributed by atoms with E-state index in [9.17, 15) is 24.3 Å². The number of methoxy groups -OCH3 is 8. The molecule has 0 unspecified atom stereocenters. The molecule has 21 heteroatoms. The normalized spacial score (nSPS) is 25.6. The third-order valence-corrected chi connectivity index (χ3v) is 22.9. The lowest BCUT2D eigenvalue weighted by molar-refractivity contribution is -0.154. The summed E-state index contributed by atoms with van der Waals surface area (Å²) in [6, 6.07) is 17.3. The molecule has 8 aliphatic rings. The van der Waals surface area contributed by atoms with Gasteiger partial charge in [-0.05, 0) is 180 Å². The van der Waals surface area contributed by atoms with E-state index in [-0.39, 0.29) is 60.3 Å². The molecule has 0 spiro atoms. The number of ether oxygens (including phenoxy) is 11. The second kappa shape index (κ2) is 36.4. The van der Waals surface area contributed by atoms with Crippen LogP contribution in [0.25, 0.3) is 0 Å². The highest BCUT2D eigenvalue weighted by atomic mass is 16.6. The molecule has 12 atom stereocenters. The molecule has 4 fully saturated rings. The van der Waals surface area contributed by atoms with Gasteiger partial charge in [-0.1, -0.05) is 55.4 Å². The van der Waals surface area contributed by atoms with Crippen LogP contribution in [0.5, 0.6) is 46.0 Å². The molecule has 0 amide bonds. The minimum atomic E-state index is -1.16. The van der Waals surface area contributed by atoms with E-state index >= 15 is 0 Å². The number of carbonyl (C=O) groups excluding carboxylic acids is 3. The van der Waals surface area contributed by atoms with Crippen molar-refractivity contribution in [2.45, 2.75) is 181 Å². The van der Waals surface area contributed by atoms with Gasteiger partial charge >= 0.3 is 23.9 Å². The Morgan fingerprint density at radius 1 is 0.362 bits per heavy atom. The van der Waals surface area contributed by atoms with Crippen molar-refractivity contribution in [3.8, 4) is 46.0 Å². The van der Waals surface area contributed by atoms with Crippen LogP contribution in [0.3, 0.4) is 0 Å². The standard InChI is InChI=1S/C42H58N2O8.C23H31NO6.C19H29NO3/c1-25(2)15-29-23-43-13-11-27-17-37(47-5)39(49-7)19-31(27)33(43)21-35(29)51-41(45)9-10-42(46)52-36-22-34-32-20-40(50-8)38(48-6)18-28(32)12-14-44(34)24-30(36)16-26(3)4;1-14(2)9-16-13-24-8-7-15-10-20(28-3)21(29-4)11-17(15)18(24)12-19(16)30-23(27)6-5-22(25)26;1-12(2)7-14-11-20-6-5-13-8-18(22-3)19(23-4)9-15(13)16(20)10-17(14)21/h9-10,17-20,25-26,29-30,33-36H,11-16,21-24H2,1-8H3;5-6,10-11,14,16,18-19H,7-9,12-13H2,1-4H3,(H,25,26);8-9,12,14,16-17,21H,5-7,10-11H2,1-4H3/b10-9-;6-5-;/t29-,30-,33-,34-,35-,36-;16-,18-,19-;14-,16-,17-/m111/s1. The largest absolute Gasteiger partial charge is 0.493 e. The molecule has 0 aromatic heterocycles. The number of aliphatic carboxylic acids is 1. The number of esters is 3. The van der Waals surface area contributed by atoms with E-state index < -0.39 is 23.9 Å². The number of benzene rings is 4. The first kappa shape index (κ1) is 80.0. The summed E-state index contributed by atoms with van der Waals surface area (Å²) in [6.07, 6.45) is 13.9. The van der Waals surface area contributed by atoms with E-state index in [1.165, 1.54) is 56.7 Å². The first-order chi connectivity index (χ1) is 50.4. The molecular weight excluding hydrogens is 1340 g/mol. The van der Waals surface area contributed by atoms with E-state index in [0.29, 0.717) is 72.1 Å². The first-order valence-electron chi connectivity index (χ1n) is 38.2. The van der Waals surface area contributed by atoms with Crippen molar-refractivity contribution in [2.24, 2.45) is 47.3 Å². The summed E-state index contributed by atoms with van der Waals surface area (Å²) in [5.74, 6) is 6.11. The number of rotatable bonds is 23. The second-order valence-corrected chi connectivity index (χ2v) is 31.7. The number of nitrogens with zero attached hydrogens (tertiary/aromatic N) is 4. The SMILES string of the molecule is COc1cc2c(cc1OC)[C@H]1C[C@@H](O)[C@H](CC(C)C)CN1CC2.COc1cc2c(cc1OC)[C@H]1C[C@@H](OC(=O)/C=C\C(=O)O)[C@H](CC(C)C)CN1CC2.COc1cc2c(cc1OC)[C@H]1C[C@@H](OC(=O)/C=C\C(=O)O[C@@H]3C[C@@H]4c5cc(OC)c(OC)cc5CCN4C[C@H]3CC(C)C)[C@H](CC(C)C)CN1CC2. The molecule has 4 saturated heterocycles. The van der Waals surface area contributed by atoms with Gasteiger partial charge in [0.1, 0.15) is 18.3 Å². The van der Waals surface area contributed by atoms with Crippen molar-refractivity contribution in [3.63, 3.8) is 0 Å². The van der Waals surface area contributed by atoms with Crippen molar-refractivity contribution in [1.82, 2.24) is 19.6 Å². The van der Waals surface area contributed by atoms with Crippen molar-refractivity contribution >= 4 is 23.9 Å². The number of carbonyl (C=O) groups is 4. The van der Waals surface area contributed by atoms with Gasteiger partial charge in [0.15, 0.2) is 46.0 Å². The molecule has 4 aromatic rings. The average molecular weight is 1460 g/mol. The van der Waals surface area contributed by atoms with Crippen molar-refractivity contribution in [1.29, 1.82) is 0 Å². The maximum absolute atomic E-state index is 13.4. The Kier molecular flexibility index (Phi) is 27.7. The van der Waals surface area contributed by atoms with E-state index in [2.05, 4.69) is 111 Å². The molecule has 0 aliphatic carbocycles. The molecule has 8 heterocycles. The summed E-state index contributed by atoms with van der Waals surface area (Å²) < 4.78 is 62.5. The monoisotopic (exact) mass is 1450 g/mol. The number of hydrogen-bond acceptors (Lipinski definition) is 20. The third-order valence-electron chi connectivity index (χ3n) is 22.9. The zero-order chi connectivity index (χ0) is 75.5. The highest BCUT2D eigenvalue weighted by Gasteiger charge is 2.46. The third kappa shape index (κ3) is 19.4. The Bertz CT molecular complexity index is 3580. The van der Waals surface area contributed by atoms with E-state index in [4.69, 9.17) is 57.2 Å². The summed E-state index contributed by atoms with van der Waals surface area (Å²) >= 11 is 0. The summed E-state index contributed by atoms with van der Waals surface area (Å²) in [4.78, 5) is 59.8. The number of fused-ring (bicyclic) bond motifs is 12. The number of aliphatic hydroxyl groups excluding tert-OH is 1. The molecule has 105 heavy (non-hydrogen) atoms. The minimum absolute atomic E-state index is 0.105. The fourth-order valence-corrected chi connectivity index (χ4v) is 18.2. The number of aliphatic hydroxyl groups is 1. The average Bonchev–Trinajstić information content (AvgIpc) is 0.782. The molecule has 0 bridgehead atoms. The van der Waals surface area contributed by atoms with Gasteiger partial charge in [0.25, 0.3) is 0 Å². The highest BCUT2D eigenvalue weighted by molar-refractivity contribution is 5.92. The number of hydrogen-bond donors (Lipinski definition) is 2. The Balaban J connectivity index is 0.000000187. The fourth-order valence-electron chi connectivity index (χ4n) is 18.2. The summed E-state index contributed by atoms with van der Waals surface area (Å²) in [7, 11) is 13.3. The lowest BCUT2D eigenvalue weighted by Crippen LogP contribution is -2.49. The first-order valence-corrected chi connectivity index (χ1v) is 38.2. The van der Waals surface area contributed by atoms with Crippen molar-refractivity contribution < 1.29 is 81.5 Å². The number of piperidine rings is 4. The van der Waals surface area contributed by atoms with Crippen LogP contribution in [-0.4, -0.2) is 187 Å². The minimum Gasteiger partial charge on any atom is -0.493 e. The van der Waals surface area contributed by atoms with Crippen LogP contribution in [0.15, 0.2) is 72.8 Å². The Hall–Kier alpha value is -7.56. The van der Waals surface area contributed by atoms with Gasteiger partial charge in [0.2, 0.25) is 0 Å². The molecule has 4 aromatic carbocycles. The number of carboxylic acids is 1. The van der Waals surface area contributed by atoms with Gasteiger partial charge in [-0.25, -0.2) is 19.2 Å². The van der Waals surface area contributed by atoms with E-state index in [1.54, 1.807) is 56.9 Å². The van der Waals surface area contributed by atoms with Gasteiger partial charge in [-0.3, -0.25) is 19.6 Å². The van der Waals surface area contributed by atoms with Gasteiger partial charge < -0.3 is 62.3 Å². The zero-order valence-electron chi connectivity index (χ0n) is 65.1. The Morgan fingerprint density at radius 2 is 0.590 bits per heavy atom. The van der Waals surface area contributed by atoms with Crippen LogP contribution >= 0.6 is 0 Å². The second-order valence-electron chi connectivity index (χ2n) is 31.7. The van der Waals surface area contributed by atoms with Crippen LogP contribution in [0.2, 0.25) is 0 Å². The maximum Gasteiger partial charge on any atom is 0.331 e. The summed E-state index contributed by atoms with van der Waals surface area (Å²) in [5, 5.41) is 19.4. The van der Waals surface area contributed by atoms with Crippen LogP contribution in [0.1, 0.15) is 175 Å². The lowest BCUT2D eigenvalue weighted by Gasteiger charge is -2.47. The van der Waals surface area contributed by atoms with Crippen LogP contribution in [0.4, 0.5) is 0 Å². The van der Waals surface area contributed by atoms with E-state index in [0.717, 1.165) is 151 Å². The lowest BCUT2D eigenvalue weighted by atomic mass is 9.79. The van der Waals surface area contributed by atoms with Crippen molar-refractivity contribution in [2.75, 3.05) is 109 Å². The summed E-state index contributed by atoms with van der Waals surface area (Å²) in [5.41, 5.74) is 9.93. The maximum atomic E-state index is 13.4. The Labute approximate surface area is 623 Å². The quantitative estimate of drug-likeness (QED) is 0.0400. The predicted octanol–water partition coefficient (Wildman–Crippen LogP) is 13.0. The van der Waals surface area contributed by atoms with Crippen LogP contribution in [-0.2, 0) is 59.1 Å². The van der Waals surface area contributed by atoms with Gasteiger partial charge in [0, 0.05) is 138 Å². The predicted molar refractivity (Wildman–Crippen MR) is 402 cm³/mol. The molecular formula is C84H118N4O17. The topological polar surface area (TPSA) is 223 Å². The van der Waals surface area contributed by atoms with Crippen LogP contribution in [0, 0.1) is 47.3 Å². The zero-order valence-corrected chi connectivity index (χ0v) is 65.1. The number of carboxylic acid groups (broad SMARTS) is 1. The molecule has 0 saturated carbocycles. The molecule has 2 N–H and O–H groups in total. The van der Waals surface area contributed by atoms with Crippen molar-refractivity contribution in [3.05, 3.63) is 117 Å². The Morgan fingerprint density at radius 3 is 0.838 bits per heavy atom. The molecule has 8 aliphatic heterocycles. The molecule has 0 radical (unpaired) electrons. The van der Waals surface area contributed by atoms with Crippen LogP contribution < -0.4 is 37.9 Å². The molecule has 12 rings (SSSR count).